The Hall–Kier alpha value is -3.55. The van der Waals surface area contributed by atoms with Crippen LogP contribution >= 0.6 is 23.2 Å². The van der Waals surface area contributed by atoms with Crippen LogP contribution in [-0.2, 0) is 9.59 Å². The summed E-state index contributed by atoms with van der Waals surface area (Å²) in [7, 11) is 5.23. The third-order valence-corrected chi connectivity index (χ3v) is 6.13. The molecule has 1 atom stereocenters. The SMILES string of the molecule is COc1c(Cl)cc(/C(O)=C2\C(=O)C(=O)N(c3ccc(N(C)C)cc3)C2c2cccnc2)cc1Cl. The van der Waals surface area contributed by atoms with Gasteiger partial charge in [-0.15, -0.1) is 0 Å². The molecule has 3 aromatic rings. The zero-order valence-electron chi connectivity index (χ0n) is 18.6. The number of hydrogen-bond donors (Lipinski definition) is 1. The fourth-order valence-electron chi connectivity index (χ4n) is 3.91. The van der Waals surface area contributed by atoms with E-state index < -0.39 is 23.5 Å². The number of anilines is 2. The minimum absolute atomic E-state index is 0.0908. The maximum absolute atomic E-state index is 13.2. The van der Waals surface area contributed by atoms with E-state index in [-0.39, 0.29) is 26.9 Å². The molecule has 1 unspecified atom stereocenters. The summed E-state index contributed by atoms with van der Waals surface area (Å²) in [6.45, 7) is 0. The highest BCUT2D eigenvalue weighted by Crippen LogP contribution is 2.43. The average Bonchev–Trinajstić information content (AvgIpc) is 3.09. The molecule has 4 rings (SSSR count). The molecule has 1 N–H and O–H groups in total. The molecule has 1 aliphatic heterocycles. The number of amides is 1. The van der Waals surface area contributed by atoms with Crippen molar-refractivity contribution in [1.29, 1.82) is 0 Å². The zero-order chi connectivity index (χ0) is 24.6. The zero-order valence-corrected chi connectivity index (χ0v) is 20.1. The summed E-state index contributed by atoms with van der Waals surface area (Å²) >= 11 is 12.5. The van der Waals surface area contributed by atoms with Crippen LogP contribution in [0, 0.1) is 0 Å². The number of aliphatic hydroxyl groups excluding tert-OH is 1. The molecule has 1 aliphatic rings. The fraction of sp³-hybridized carbons (Fsp3) is 0.160. The average molecular weight is 498 g/mol. The van der Waals surface area contributed by atoms with E-state index in [0.717, 1.165) is 5.69 Å². The first-order chi connectivity index (χ1) is 16.2. The molecular formula is C25H21Cl2N3O4. The maximum atomic E-state index is 13.2. The highest BCUT2D eigenvalue weighted by atomic mass is 35.5. The molecule has 0 spiro atoms. The number of nitrogens with zero attached hydrogens (tertiary/aromatic N) is 3. The molecule has 7 nitrogen and oxygen atoms in total. The van der Waals surface area contributed by atoms with Crippen LogP contribution in [0.1, 0.15) is 17.2 Å². The highest BCUT2D eigenvalue weighted by molar-refractivity contribution is 6.51. The maximum Gasteiger partial charge on any atom is 0.300 e. The van der Waals surface area contributed by atoms with E-state index in [4.69, 9.17) is 27.9 Å². The monoisotopic (exact) mass is 497 g/mol. The molecule has 1 amide bonds. The van der Waals surface area contributed by atoms with Gasteiger partial charge in [-0.05, 0) is 48.0 Å². The van der Waals surface area contributed by atoms with Crippen LogP contribution in [0.4, 0.5) is 11.4 Å². The Morgan fingerprint density at radius 3 is 2.26 bits per heavy atom. The van der Waals surface area contributed by atoms with Gasteiger partial charge in [-0.1, -0.05) is 29.3 Å². The van der Waals surface area contributed by atoms with Gasteiger partial charge in [0.25, 0.3) is 11.7 Å². The van der Waals surface area contributed by atoms with Crippen molar-refractivity contribution in [3.63, 3.8) is 0 Å². The van der Waals surface area contributed by atoms with Crippen molar-refractivity contribution in [1.82, 2.24) is 4.98 Å². The number of methoxy groups -OCH3 is 1. The second kappa shape index (κ2) is 9.37. The van der Waals surface area contributed by atoms with Gasteiger partial charge in [0.2, 0.25) is 0 Å². The number of ketones is 1. The molecule has 0 aliphatic carbocycles. The standard InChI is InChI=1S/C25H21Cl2N3O4/c1-29(2)16-6-8-17(9-7-16)30-21(14-5-4-10-28-13-14)20(23(32)25(30)33)22(31)15-11-18(26)24(34-3)19(27)12-15/h4-13,21,31H,1-3H3/b22-20+. The first-order valence-electron chi connectivity index (χ1n) is 10.3. The summed E-state index contributed by atoms with van der Waals surface area (Å²) in [6.07, 6.45) is 3.14. The van der Waals surface area contributed by atoms with Crippen molar-refractivity contribution in [3.8, 4) is 5.75 Å². The number of hydrogen-bond acceptors (Lipinski definition) is 6. The minimum Gasteiger partial charge on any atom is -0.507 e. The molecule has 2 aromatic carbocycles. The molecule has 9 heteroatoms. The normalized spacial score (nSPS) is 17.2. The lowest BCUT2D eigenvalue weighted by molar-refractivity contribution is -0.132. The van der Waals surface area contributed by atoms with E-state index >= 15 is 0 Å². The Bertz CT molecular complexity index is 1270. The van der Waals surface area contributed by atoms with Gasteiger partial charge >= 0.3 is 0 Å². The molecule has 1 saturated heterocycles. The summed E-state index contributed by atoms with van der Waals surface area (Å²) in [5, 5.41) is 11.5. The number of benzene rings is 2. The number of carbonyl (C=O) groups excluding carboxylic acids is 2. The summed E-state index contributed by atoms with van der Waals surface area (Å²) in [6, 6.07) is 12.6. The third kappa shape index (κ3) is 4.08. The number of carbonyl (C=O) groups is 2. The van der Waals surface area contributed by atoms with Crippen LogP contribution in [-0.4, -0.2) is 43.0 Å². The van der Waals surface area contributed by atoms with Gasteiger partial charge in [-0.25, -0.2) is 0 Å². The number of ether oxygens (including phenoxy) is 1. The van der Waals surface area contributed by atoms with Gasteiger partial charge in [0, 0.05) is 43.4 Å². The molecule has 0 radical (unpaired) electrons. The number of halogens is 2. The van der Waals surface area contributed by atoms with Gasteiger partial charge in [0.1, 0.15) is 5.76 Å². The number of rotatable bonds is 5. The second-order valence-electron chi connectivity index (χ2n) is 7.84. The third-order valence-electron chi connectivity index (χ3n) is 5.56. The Kier molecular flexibility index (Phi) is 6.50. The smallest absolute Gasteiger partial charge is 0.300 e. The van der Waals surface area contributed by atoms with Crippen LogP contribution < -0.4 is 14.5 Å². The molecular weight excluding hydrogens is 477 g/mol. The topological polar surface area (TPSA) is 83.0 Å². The largest absolute Gasteiger partial charge is 0.507 e. The number of aromatic nitrogens is 1. The Balaban J connectivity index is 1.91. The molecule has 1 fully saturated rings. The van der Waals surface area contributed by atoms with Crippen molar-refractivity contribution < 1.29 is 19.4 Å². The van der Waals surface area contributed by atoms with Crippen molar-refractivity contribution in [2.45, 2.75) is 6.04 Å². The van der Waals surface area contributed by atoms with Crippen LogP contribution in [0.15, 0.2) is 66.5 Å². The van der Waals surface area contributed by atoms with E-state index in [9.17, 15) is 14.7 Å². The van der Waals surface area contributed by atoms with Crippen LogP contribution in [0.2, 0.25) is 10.0 Å². The fourth-order valence-corrected chi connectivity index (χ4v) is 4.55. The molecule has 2 heterocycles. The predicted molar refractivity (Wildman–Crippen MR) is 133 cm³/mol. The van der Waals surface area contributed by atoms with E-state index in [0.29, 0.717) is 11.3 Å². The van der Waals surface area contributed by atoms with E-state index in [1.54, 1.807) is 36.7 Å². The first kappa shape index (κ1) is 23.6. The van der Waals surface area contributed by atoms with E-state index in [1.165, 1.54) is 24.1 Å². The molecule has 0 saturated carbocycles. The summed E-state index contributed by atoms with van der Waals surface area (Å²) in [4.78, 5) is 33.9. The number of pyridine rings is 1. The van der Waals surface area contributed by atoms with Gasteiger partial charge in [0.15, 0.2) is 5.75 Å². The minimum atomic E-state index is -0.904. The van der Waals surface area contributed by atoms with Crippen molar-refractivity contribution in [2.75, 3.05) is 31.0 Å². The second-order valence-corrected chi connectivity index (χ2v) is 8.65. The Labute approximate surface area is 206 Å². The number of Topliss-reactive ketones (excluding diaryl/α,β-unsaturated/α-hetero) is 1. The van der Waals surface area contributed by atoms with Gasteiger partial charge in [-0.3, -0.25) is 19.5 Å². The predicted octanol–water partition coefficient (Wildman–Crippen LogP) is 5.09. The molecule has 1 aromatic heterocycles. The van der Waals surface area contributed by atoms with E-state index in [2.05, 4.69) is 4.98 Å². The van der Waals surface area contributed by atoms with Gasteiger partial charge in [0.05, 0.1) is 28.8 Å². The lowest BCUT2D eigenvalue weighted by atomic mass is 9.96. The summed E-state index contributed by atoms with van der Waals surface area (Å²) < 4.78 is 5.16. The summed E-state index contributed by atoms with van der Waals surface area (Å²) in [5.74, 6) is -1.75. The van der Waals surface area contributed by atoms with Gasteiger partial charge in [-0.2, -0.15) is 0 Å². The molecule has 0 bridgehead atoms. The molecule has 34 heavy (non-hydrogen) atoms. The quantitative estimate of drug-likeness (QED) is 0.300. The van der Waals surface area contributed by atoms with Crippen LogP contribution in [0.25, 0.3) is 5.76 Å². The highest BCUT2D eigenvalue weighted by Gasteiger charge is 2.47. The van der Waals surface area contributed by atoms with Gasteiger partial charge < -0.3 is 14.7 Å². The Morgan fingerprint density at radius 1 is 1.09 bits per heavy atom. The van der Waals surface area contributed by atoms with Crippen molar-refractivity contribution >= 4 is 52.0 Å². The van der Waals surface area contributed by atoms with Crippen LogP contribution in [0.5, 0.6) is 5.75 Å². The molecule has 174 valence electrons. The first-order valence-corrected chi connectivity index (χ1v) is 11.0. The number of aliphatic hydroxyl groups is 1. The van der Waals surface area contributed by atoms with Crippen molar-refractivity contribution in [3.05, 3.63) is 87.7 Å². The van der Waals surface area contributed by atoms with E-state index in [1.807, 2.05) is 31.1 Å². The summed E-state index contributed by atoms with van der Waals surface area (Å²) in [5.41, 5.74) is 2.09. The lowest BCUT2D eigenvalue weighted by Gasteiger charge is -2.25. The van der Waals surface area contributed by atoms with Crippen LogP contribution in [0.3, 0.4) is 0 Å². The Morgan fingerprint density at radius 2 is 1.74 bits per heavy atom. The lowest BCUT2D eigenvalue weighted by Crippen LogP contribution is -2.29. The van der Waals surface area contributed by atoms with Crippen molar-refractivity contribution in [2.24, 2.45) is 0 Å².